The lowest BCUT2D eigenvalue weighted by Crippen LogP contribution is -2.37. The van der Waals surface area contributed by atoms with E-state index in [-0.39, 0.29) is 5.54 Å². The van der Waals surface area contributed by atoms with Gasteiger partial charge in [-0.05, 0) is 44.8 Å². The van der Waals surface area contributed by atoms with Crippen LogP contribution >= 0.6 is 12.2 Å². The summed E-state index contributed by atoms with van der Waals surface area (Å²) < 4.78 is 5.07. The van der Waals surface area contributed by atoms with Gasteiger partial charge in [-0.3, -0.25) is 9.25 Å². The summed E-state index contributed by atoms with van der Waals surface area (Å²) in [5.41, 5.74) is 3.56. The van der Waals surface area contributed by atoms with E-state index in [1.165, 1.54) is 19.3 Å². The standard InChI is InChI=1S/C12H18N4S/c1-4-8-9-10(15(3)14-8)16(11(17)13-9)12(2)6-5-7-12/h4-7H2,1-3H3,(H,13,17). The fourth-order valence-corrected chi connectivity index (χ4v) is 3.28. The van der Waals surface area contributed by atoms with E-state index in [9.17, 15) is 0 Å². The lowest BCUT2D eigenvalue weighted by molar-refractivity contribution is 0.170. The molecular weight excluding hydrogens is 232 g/mol. The molecular formula is C12H18N4S. The molecule has 17 heavy (non-hydrogen) atoms. The number of nitrogens with zero attached hydrogens (tertiary/aromatic N) is 3. The molecule has 4 nitrogen and oxygen atoms in total. The Hall–Kier alpha value is -1.10. The van der Waals surface area contributed by atoms with Crippen molar-refractivity contribution in [3.63, 3.8) is 0 Å². The molecule has 2 aromatic heterocycles. The minimum Gasteiger partial charge on any atom is -0.328 e. The predicted molar refractivity (Wildman–Crippen MR) is 70.8 cm³/mol. The zero-order chi connectivity index (χ0) is 12.2. The van der Waals surface area contributed by atoms with Crippen LogP contribution in [-0.4, -0.2) is 19.3 Å². The Bertz CT molecular complexity index is 627. The molecule has 1 N–H and O–H groups in total. The highest BCUT2D eigenvalue weighted by Crippen LogP contribution is 2.41. The van der Waals surface area contributed by atoms with Gasteiger partial charge in [0, 0.05) is 12.6 Å². The zero-order valence-corrected chi connectivity index (χ0v) is 11.4. The Morgan fingerprint density at radius 3 is 2.71 bits per heavy atom. The lowest BCUT2D eigenvalue weighted by atomic mass is 9.78. The highest BCUT2D eigenvalue weighted by atomic mass is 32.1. The number of nitrogens with one attached hydrogen (secondary N) is 1. The van der Waals surface area contributed by atoms with Crippen LogP contribution in [0.1, 0.15) is 38.8 Å². The number of rotatable bonds is 2. The number of fused-ring (bicyclic) bond motifs is 1. The summed E-state index contributed by atoms with van der Waals surface area (Å²) in [7, 11) is 2.00. The molecule has 0 radical (unpaired) electrons. The maximum absolute atomic E-state index is 5.49. The predicted octanol–water partition coefficient (Wildman–Crippen LogP) is 2.89. The topological polar surface area (TPSA) is 38.5 Å². The second-order valence-corrected chi connectivity index (χ2v) is 5.63. The molecule has 0 aliphatic heterocycles. The molecule has 0 amide bonds. The Balaban J connectivity index is 2.34. The molecule has 92 valence electrons. The number of H-pyrrole nitrogens is 1. The summed E-state index contributed by atoms with van der Waals surface area (Å²) in [4.78, 5) is 3.34. The molecule has 2 heterocycles. The van der Waals surface area contributed by atoms with Gasteiger partial charge in [-0.15, -0.1) is 0 Å². The fourth-order valence-electron chi connectivity index (χ4n) is 2.87. The van der Waals surface area contributed by atoms with Gasteiger partial charge in [0.25, 0.3) is 0 Å². The largest absolute Gasteiger partial charge is 0.328 e. The van der Waals surface area contributed by atoms with Crippen LogP contribution in [0.15, 0.2) is 0 Å². The van der Waals surface area contributed by atoms with Gasteiger partial charge in [-0.2, -0.15) is 5.10 Å². The molecule has 0 unspecified atom stereocenters. The van der Waals surface area contributed by atoms with Gasteiger partial charge < -0.3 is 4.98 Å². The SMILES string of the molecule is CCc1nn(C)c2c1[nH]c(=S)n2C1(C)CCC1. The van der Waals surface area contributed by atoms with E-state index in [1.807, 2.05) is 11.7 Å². The average Bonchev–Trinajstić information content (AvgIpc) is 2.73. The minimum atomic E-state index is 0.189. The van der Waals surface area contributed by atoms with E-state index in [1.54, 1.807) is 0 Å². The summed E-state index contributed by atoms with van der Waals surface area (Å²) in [6.07, 6.45) is 4.65. The molecule has 0 bridgehead atoms. The monoisotopic (exact) mass is 250 g/mol. The van der Waals surface area contributed by atoms with Crippen molar-refractivity contribution in [3.05, 3.63) is 10.5 Å². The molecule has 3 rings (SSSR count). The third kappa shape index (κ3) is 1.35. The number of aryl methyl sites for hydroxylation is 2. The molecule has 1 aliphatic carbocycles. The normalized spacial score (nSPS) is 18.5. The van der Waals surface area contributed by atoms with Crippen molar-refractivity contribution in [2.75, 3.05) is 0 Å². The van der Waals surface area contributed by atoms with Gasteiger partial charge in [0.2, 0.25) is 0 Å². The van der Waals surface area contributed by atoms with Gasteiger partial charge in [0.15, 0.2) is 10.4 Å². The highest BCUT2D eigenvalue weighted by Gasteiger charge is 2.36. The number of hydrogen-bond acceptors (Lipinski definition) is 2. The summed E-state index contributed by atoms with van der Waals surface area (Å²) in [5, 5.41) is 4.56. The van der Waals surface area contributed by atoms with Gasteiger partial charge in [-0.25, -0.2) is 0 Å². The van der Waals surface area contributed by atoms with Crippen LogP contribution in [-0.2, 0) is 19.0 Å². The number of hydrogen-bond donors (Lipinski definition) is 1. The minimum absolute atomic E-state index is 0.189. The van der Waals surface area contributed by atoms with Crippen LogP contribution in [0.5, 0.6) is 0 Å². The van der Waals surface area contributed by atoms with Crippen molar-refractivity contribution in [2.24, 2.45) is 7.05 Å². The third-order valence-electron chi connectivity index (χ3n) is 4.04. The maximum atomic E-state index is 5.49. The molecule has 2 aromatic rings. The second kappa shape index (κ2) is 3.45. The first-order valence-electron chi connectivity index (χ1n) is 6.24. The van der Waals surface area contributed by atoms with Crippen LogP contribution in [0.3, 0.4) is 0 Å². The highest BCUT2D eigenvalue weighted by molar-refractivity contribution is 7.71. The van der Waals surface area contributed by atoms with Crippen LogP contribution in [0.4, 0.5) is 0 Å². The van der Waals surface area contributed by atoms with Gasteiger partial charge in [0.1, 0.15) is 5.52 Å². The summed E-state index contributed by atoms with van der Waals surface area (Å²) in [5.74, 6) is 0. The summed E-state index contributed by atoms with van der Waals surface area (Å²) >= 11 is 5.49. The van der Waals surface area contributed by atoms with Crippen molar-refractivity contribution in [2.45, 2.75) is 45.1 Å². The van der Waals surface area contributed by atoms with Gasteiger partial charge in [-0.1, -0.05) is 6.92 Å². The quantitative estimate of drug-likeness (QED) is 0.832. The van der Waals surface area contributed by atoms with Crippen LogP contribution in [0.25, 0.3) is 11.2 Å². The Morgan fingerprint density at radius 1 is 1.47 bits per heavy atom. The number of aromatic nitrogens is 4. The summed E-state index contributed by atoms with van der Waals surface area (Å²) in [6.45, 7) is 4.42. The Morgan fingerprint density at radius 2 is 2.18 bits per heavy atom. The summed E-state index contributed by atoms with van der Waals surface area (Å²) in [6, 6.07) is 0. The van der Waals surface area contributed by atoms with Crippen molar-refractivity contribution < 1.29 is 0 Å². The smallest absolute Gasteiger partial charge is 0.179 e. The second-order valence-electron chi connectivity index (χ2n) is 5.24. The molecule has 5 heteroatoms. The van der Waals surface area contributed by atoms with Crippen molar-refractivity contribution in [1.82, 2.24) is 19.3 Å². The van der Waals surface area contributed by atoms with Crippen LogP contribution < -0.4 is 0 Å². The average molecular weight is 250 g/mol. The van der Waals surface area contributed by atoms with E-state index in [4.69, 9.17) is 12.2 Å². The molecule has 0 aromatic carbocycles. The van der Waals surface area contributed by atoms with Crippen molar-refractivity contribution >= 4 is 23.4 Å². The number of aromatic amines is 1. The first kappa shape index (κ1) is 11.0. The van der Waals surface area contributed by atoms with Gasteiger partial charge >= 0.3 is 0 Å². The van der Waals surface area contributed by atoms with E-state index >= 15 is 0 Å². The van der Waals surface area contributed by atoms with E-state index in [0.717, 1.165) is 28.0 Å². The molecule has 1 saturated carbocycles. The van der Waals surface area contributed by atoms with E-state index in [0.29, 0.717) is 0 Å². The number of imidazole rings is 1. The lowest BCUT2D eigenvalue weighted by Gasteiger charge is -2.39. The van der Waals surface area contributed by atoms with Crippen LogP contribution in [0, 0.1) is 4.77 Å². The van der Waals surface area contributed by atoms with Crippen molar-refractivity contribution in [1.29, 1.82) is 0 Å². The molecule has 0 spiro atoms. The maximum Gasteiger partial charge on any atom is 0.179 e. The van der Waals surface area contributed by atoms with E-state index < -0.39 is 0 Å². The fraction of sp³-hybridized carbons (Fsp3) is 0.667. The molecule has 0 atom stereocenters. The van der Waals surface area contributed by atoms with Crippen LogP contribution in [0.2, 0.25) is 0 Å². The third-order valence-corrected chi connectivity index (χ3v) is 4.33. The van der Waals surface area contributed by atoms with E-state index in [2.05, 4.69) is 28.5 Å². The molecule has 0 saturated heterocycles. The first-order valence-corrected chi connectivity index (χ1v) is 6.65. The zero-order valence-electron chi connectivity index (χ0n) is 10.6. The Kier molecular flexibility index (Phi) is 2.23. The molecule has 1 aliphatic rings. The van der Waals surface area contributed by atoms with Crippen molar-refractivity contribution in [3.8, 4) is 0 Å². The Labute approximate surface area is 106 Å². The molecule has 1 fully saturated rings. The van der Waals surface area contributed by atoms with Gasteiger partial charge in [0.05, 0.1) is 5.69 Å². The first-order chi connectivity index (χ1) is 8.07.